The molecule has 1 atom stereocenters. The molecule has 244 valence electrons. The smallest absolute Gasteiger partial charge is 0.385 e. The maximum Gasteiger partial charge on any atom is 0.413 e. The second-order valence-electron chi connectivity index (χ2n) is 11.2. The van der Waals surface area contributed by atoms with Crippen molar-refractivity contribution >= 4 is 37.6 Å². The molecule has 10 heteroatoms. The highest BCUT2D eigenvalue weighted by Gasteiger charge is 2.33. The summed E-state index contributed by atoms with van der Waals surface area (Å²) in [5, 5.41) is 0.179. The summed E-state index contributed by atoms with van der Waals surface area (Å²) in [6.07, 6.45) is 0.527. The Balaban J connectivity index is 0.000000250. The first-order valence-corrected chi connectivity index (χ1v) is 18.1. The van der Waals surface area contributed by atoms with E-state index in [0.29, 0.717) is 28.4 Å². The van der Waals surface area contributed by atoms with Gasteiger partial charge in [-0.05, 0) is 101 Å². The summed E-state index contributed by atoms with van der Waals surface area (Å²) in [5.74, 6) is -0.948. The van der Waals surface area contributed by atoms with Crippen molar-refractivity contribution in [3.05, 3.63) is 128 Å². The van der Waals surface area contributed by atoms with Crippen LogP contribution in [0.3, 0.4) is 0 Å². The van der Waals surface area contributed by atoms with Crippen LogP contribution >= 0.6 is 15.2 Å². The molecule has 2 N–H and O–H groups in total. The third-order valence-electron chi connectivity index (χ3n) is 7.41. The molecule has 0 spiro atoms. The summed E-state index contributed by atoms with van der Waals surface area (Å²) in [6.45, 7) is 15.0. The lowest BCUT2D eigenvalue weighted by atomic mass is 9.90. The highest BCUT2D eigenvalue weighted by Crippen LogP contribution is 2.48. The van der Waals surface area contributed by atoms with Crippen LogP contribution in [0, 0.1) is 41.5 Å². The Morgan fingerprint density at radius 3 is 1.63 bits per heavy atom. The van der Waals surface area contributed by atoms with E-state index in [1.54, 1.807) is 49.4 Å². The summed E-state index contributed by atoms with van der Waals surface area (Å²) in [7, 11) is -8.23. The van der Waals surface area contributed by atoms with Crippen LogP contribution in [0.15, 0.2) is 72.8 Å². The fourth-order valence-corrected chi connectivity index (χ4v) is 7.95. The first-order valence-electron chi connectivity index (χ1n) is 15.0. The van der Waals surface area contributed by atoms with Gasteiger partial charge in [0.05, 0.1) is 22.8 Å². The monoisotopic (exact) mass is 664 g/mol. The Morgan fingerprint density at radius 2 is 1.17 bits per heavy atom. The molecule has 8 nitrogen and oxygen atoms in total. The molecule has 4 aromatic carbocycles. The predicted octanol–water partition coefficient (Wildman–Crippen LogP) is 7.53. The van der Waals surface area contributed by atoms with Crippen molar-refractivity contribution in [3.63, 3.8) is 0 Å². The molecular weight excluding hydrogens is 622 g/mol. The van der Waals surface area contributed by atoms with E-state index in [0.717, 1.165) is 33.4 Å². The molecule has 0 aliphatic carbocycles. The number of carbonyl (C=O) groups is 2. The van der Waals surface area contributed by atoms with Crippen molar-refractivity contribution in [1.82, 2.24) is 0 Å². The molecule has 0 aliphatic rings. The number of ketones is 1. The van der Waals surface area contributed by atoms with Gasteiger partial charge in [0, 0.05) is 11.1 Å². The minimum atomic E-state index is -4.53. The van der Waals surface area contributed by atoms with E-state index in [4.69, 9.17) is 9.05 Å². The van der Waals surface area contributed by atoms with Crippen LogP contribution in [0.25, 0.3) is 0 Å². The Hall–Kier alpha value is -3.64. The number of carbonyl (C=O) groups excluding carboxylic acids is 2. The van der Waals surface area contributed by atoms with Crippen LogP contribution in [0.4, 0.5) is 0 Å². The van der Waals surface area contributed by atoms with Gasteiger partial charge in [-0.15, -0.1) is 0 Å². The Morgan fingerprint density at radius 1 is 0.674 bits per heavy atom. The summed E-state index contributed by atoms with van der Waals surface area (Å²) >= 11 is 0. The summed E-state index contributed by atoms with van der Waals surface area (Å²) in [5.41, 5.74) is 7.08. The molecule has 0 saturated heterocycles. The third kappa shape index (κ3) is 8.58. The largest absolute Gasteiger partial charge is 0.413 e. The summed E-state index contributed by atoms with van der Waals surface area (Å²) < 4.78 is 35.5. The zero-order chi connectivity index (χ0) is 34.4. The van der Waals surface area contributed by atoms with E-state index in [1.165, 1.54) is 6.07 Å². The van der Waals surface area contributed by atoms with Crippen molar-refractivity contribution in [2.75, 3.05) is 6.61 Å². The number of rotatable bonds is 9. The van der Waals surface area contributed by atoms with Gasteiger partial charge in [-0.2, -0.15) is 0 Å². The van der Waals surface area contributed by atoms with Gasteiger partial charge in [-0.3, -0.25) is 13.9 Å². The molecule has 0 aromatic heterocycles. The van der Waals surface area contributed by atoms with E-state index in [1.807, 2.05) is 72.7 Å². The predicted molar refractivity (Wildman–Crippen MR) is 183 cm³/mol. The van der Waals surface area contributed by atoms with Crippen LogP contribution in [0.2, 0.25) is 0 Å². The van der Waals surface area contributed by atoms with E-state index in [-0.39, 0.29) is 23.3 Å². The van der Waals surface area contributed by atoms with E-state index in [2.05, 4.69) is 0 Å². The van der Waals surface area contributed by atoms with Gasteiger partial charge in [0.25, 0.3) is 0 Å². The van der Waals surface area contributed by atoms with Gasteiger partial charge in [-0.1, -0.05) is 72.6 Å². The first-order chi connectivity index (χ1) is 21.5. The van der Waals surface area contributed by atoms with Crippen LogP contribution in [0.5, 0.6) is 0 Å². The van der Waals surface area contributed by atoms with Gasteiger partial charge < -0.3 is 14.3 Å². The van der Waals surface area contributed by atoms with E-state index < -0.39 is 21.2 Å². The minimum Gasteiger partial charge on any atom is -0.385 e. The molecule has 0 aliphatic heterocycles. The fraction of sp³-hybridized carbons (Fsp3) is 0.278. The third-order valence-corrected chi connectivity index (χ3v) is 10.3. The molecule has 0 bridgehead atoms. The average Bonchev–Trinajstić information content (AvgIpc) is 2.96. The average molecular weight is 665 g/mol. The summed E-state index contributed by atoms with van der Waals surface area (Å²) in [6, 6.07) is 20.8. The molecule has 4 aromatic rings. The molecule has 46 heavy (non-hydrogen) atoms. The number of benzene rings is 4. The maximum absolute atomic E-state index is 13.1. The zero-order valence-corrected chi connectivity index (χ0v) is 29.4. The SMILES string of the molecule is CCOP(=O)(OC(=O)c1c(C)cc(C)cc1C)c1ccccc1.CCc1cccc(P(=O)(O)O)c1C(=O)c1c(C)cc(C)cc1C. The van der Waals surface area contributed by atoms with Crippen LogP contribution in [0.1, 0.15) is 79.1 Å². The quantitative estimate of drug-likeness (QED) is 0.139. The first kappa shape index (κ1) is 36.8. The van der Waals surface area contributed by atoms with Gasteiger partial charge in [0.1, 0.15) is 0 Å². The van der Waals surface area contributed by atoms with Crippen molar-refractivity contribution in [2.24, 2.45) is 0 Å². The number of hydrogen-bond donors (Lipinski definition) is 2. The van der Waals surface area contributed by atoms with Crippen LogP contribution in [-0.2, 0) is 24.6 Å². The zero-order valence-electron chi connectivity index (χ0n) is 27.6. The van der Waals surface area contributed by atoms with Crippen molar-refractivity contribution in [2.45, 2.75) is 61.8 Å². The normalized spacial score (nSPS) is 12.5. The van der Waals surface area contributed by atoms with Crippen LogP contribution in [-0.4, -0.2) is 28.1 Å². The van der Waals surface area contributed by atoms with Crippen molar-refractivity contribution in [3.8, 4) is 0 Å². The van der Waals surface area contributed by atoms with Gasteiger partial charge >= 0.3 is 21.2 Å². The van der Waals surface area contributed by atoms with E-state index >= 15 is 0 Å². The molecule has 0 fully saturated rings. The lowest BCUT2D eigenvalue weighted by Crippen LogP contribution is -2.21. The highest BCUT2D eigenvalue weighted by atomic mass is 31.2. The van der Waals surface area contributed by atoms with Gasteiger partial charge in [0.2, 0.25) is 0 Å². The number of hydrogen-bond acceptors (Lipinski definition) is 6. The highest BCUT2D eigenvalue weighted by molar-refractivity contribution is 7.62. The number of aryl methyl sites for hydroxylation is 7. The Labute approximate surface area is 271 Å². The van der Waals surface area contributed by atoms with Crippen molar-refractivity contribution in [1.29, 1.82) is 0 Å². The fourth-order valence-electron chi connectivity index (χ4n) is 5.64. The van der Waals surface area contributed by atoms with Crippen molar-refractivity contribution < 1.29 is 37.6 Å². The second-order valence-corrected chi connectivity index (χ2v) is 14.7. The maximum atomic E-state index is 13.1. The molecule has 0 radical (unpaired) electrons. The second kappa shape index (κ2) is 15.3. The van der Waals surface area contributed by atoms with Gasteiger partial charge in [-0.25, -0.2) is 9.36 Å². The molecule has 4 rings (SSSR count). The van der Waals surface area contributed by atoms with Gasteiger partial charge in [0.15, 0.2) is 5.78 Å². The standard InChI is InChI=1S/2C18H21O4P/c1-5-14-7-6-8-15(23(20,21)22)17(14)18(19)16-12(3)9-11(2)10-13(16)4;1-5-21-23(20,16-9-7-6-8-10-16)22-18(19)17-14(3)11-13(2)12-15(17)4/h6-10H,5H2,1-4H3,(H2,20,21,22);6-12H,5H2,1-4H3. The Kier molecular flexibility index (Phi) is 12.2. The minimum absolute atomic E-state index is 0.137. The van der Waals surface area contributed by atoms with Crippen LogP contribution < -0.4 is 10.6 Å². The molecule has 0 heterocycles. The Bertz CT molecular complexity index is 1790. The summed E-state index contributed by atoms with van der Waals surface area (Å²) in [4.78, 5) is 44.9. The van der Waals surface area contributed by atoms with E-state index in [9.17, 15) is 28.5 Å². The molecule has 0 saturated carbocycles. The lowest BCUT2D eigenvalue weighted by molar-refractivity contribution is 0.0706. The molecule has 0 amide bonds. The molecular formula is C36H42O8P2. The molecule has 1 unspecified atom stereocenters. The topological polar surface area (TPSA) is 127 Å². The lowest BCUT2D eigenvalue weighted by Gasteiger charge is -2.19.